The molecule has 0 spiro atoms. The standard InChI is InChI=1S/C12H15N3O3S/c1-8(19-2)6-7-13-12-14-11-9(15(16)17)4-3-5-10(11)18-12/h3-5,8H,6-7H2,1-2H3,(H,13,14). The monoisotopic (exact) mass is 281 g/mol. The van der Waals surface area contributed by atoms with Crippen molar-refractivity contribution >= 4 is 34.6 Å². The van der Waals surface area contributed by atoms with E-state index in [1.165, 1.54) is 6.07 Å². The number of nitrogens with one attached hydrogen (secondary N) is 1. The van der Waals surface area contributed by atoms with Gasteiger partial charge in [0.25, 0.3) is 11.7 Å². The van der Waals surface area contributed by atoms with Crippen molar-refractivity contribution in [1.29, 1.82) is 0 Å². The Labute approximate surface area is 114 Å². The van der Waals surface area contributed by atoms with Crippen LogP contribution in [0.15, 0.2) is 22.6 Å². The van der Waals surface area contributed by atoms with Crippen LogP contribution in [0.3, 0.4) is 0 Å². The molecule has 1 N–H and O–H groups in total. The third-order valence-corrected chi connectivity index (χ3v) is 3.86. The molecule has 1 atom stereocenters. The van der Waals surface area contributed by atoms with Crippen LogP contribution in [-0.2, 0) is 0 Å². The van der Waals surface area contributed by atoms with Gasteiger partial charge < -0.3 is 9.73 Å². The van der Waals surface area contributed by atoms with Crippen LogP contribution in [-0.4, -0.2) is 28.0 Å². The smallest absolute Gasteiger partial charge is 0.298 e. The fourth-order valence-electron chi connectivity index (χ4n) is 1.66. The minimum absolute atomic E-state index is 0.0354. The van der Waals surface area contributed by atoms with E-state index < -0.39 is 4.92 Å². The number of anilines is 1. The van der Waals surface area contributed by atoms with Crippen LogP contribution >= 0.6 is 11.8 Å². The first-order chi connectivity index (χ1) is 9.11. The predicted octanol–water partition coefficient (Wildman–Crippen LogP) is 3.29. The van der Waals surface area contributed by atoms with E-state index in [0.29, 0.717) is 16.8 Å². The lowest BCUT2D eigenvalue weighted by atomic mass is 10.3. The van der Waals surface area contributed by atoms with E-state index in [1.54, 1.807) is 23.9 Å². The zero-order valence-electron chi connectivity index (χ0n) is 10.8. The largest absolute Gasteiger partial charge is 0.423 e. The second kappa shape index (κ2) is 5.92. The fourth-order valence-corrected chi connectivity index (χ4v) is 2.01. The van der Waals surface area contributed by atoms with Gasteiger partial charge in [-0.05, 0) is 18.7 Å². The maximum atomic E-state index is 10.9. The number of nitrogens with zero attached hydrogens (tertiary/aromatic N) is 2. The molecule has 1 unspecified atom stereocenters. The van der Waals surface area contributed by atoms with Gasteiger partial charge in [-0.15, -0.1) is 0 Å². The van der Waals surface area contributed by atoms with E-state index in [2.05, 4.69) is 23.5 Å². The van der Waals surface area contributed by atoms with Crippen molar-refractivity contribution in [2.75, 3.05) is 18.1 Å². The summed E-state index contributed by atoms with van der Waals surface area (Å²) in [7, 11) is 0. The van der Waals surface area contributed by atoms with Gasteiger partial charge in [0.15, 0.2) is 11.1 Å². The summed E-state index contributed by atoms with van der Waals surface area (Å²) in [4.78, 5) is 14.5. The fraction of sp³-hybridized carbons (Fsp3) is 0.417. The number of fused-ring (bicyclic) bond motifs is 1. The summed E-state index contributed by atoms with van der Waals surface area (Å²) in [5, 5.41) is 14.5. The van der Waals surface area contributed by atoms with Crippen molar-refractivity contribution in [2.45, 2.75) is 18.6 Å². The highest BCUT2D eigenvalue weighted by molar-refractivity contribution is 7.99. The molecule has 1 heterocycles. The van der Waals surface area contributed by atoms with E-state index in [-0.39, 0.29) is 11.2 Å². The van der Waals surface area contributed by atoms with Gasteiger partial charge in [-0.2, -0.15) is 16.7 Å². The molecule has 1 aromatic heterocycles. The summed E-state index contributed by atoms with van der Waals surface area (Å²) in [5.41, 5.74) is 0.675. The zero-order chi connectivity index (χ0) is 13.8. The van der Waals surface area contributed by atoms with Crippen molar-refractivity contribution in [3.8, 4) is 0 Å². The molecule has 19 heavy (non-hydrogen) atoms. The maximum Gasteiger partial charge on any atom is 0.298 e. The minimum atomic E-state index is -0.454. The molecule has 0 aliphatic heterocycles. The van der Waals surface area contributed by atoms with Crippen LogP contribution in [0.1, 0.15) is 13.3 Å². The molecule has 1 aromatic carbocycles. The molecule has 0 radical (unpaired) electrons. The summed E-state index contributed by atoms with van der Waals surface area (Å²) >= 11 is 1.79. The maximum absolute atomic E-state index is 10.9. The summed E-state index contributed by atoms with van der Waals surface area (Å²) < 4.78 is 5.44. The van der Waals surface area contributed by atoms with Crippen molar-refractivity contribution < 1.29 is 9.34 Å². The van der Waals surface area contributed by atoms with Crippen LogP contribution in [0.4, 0.5) is 11.7 Å². The summed E-state index contributed by atoms with van der Waals surface area (Å²) in [6, 6.07) is 5.01. The van der Waals surface area contributed by atoms with Crippen LogP contribution in [0.25, 0.3) is 11.1 Å². The molecule has 2 aromatic rings. The predicted molar refractivity (Wildman–Crippen MR) is 76.7 cm³/mol. The van der Waals surface area contributed by atoms with Crippen molar-refractivity contribution in [2.24, 2.45) is 0 Å². The van der Waals surface area contributed by atoms with Crippen LogP contribution in [0.2, 0.25) is 0 Å². The summed E-state index contributed by atoms with van der Waals surface area (Å²) in [6.45, 7) is 2.87. The normalized spacial score (nSPS) is 12.5. The Kier molecular flexibility index (Phi) is 4.26. The second-order valence-electron chi connectivity index (χ2n) is 4.16. The van der Waals surface area contributed by atoms with Gasteiger partial charge in [-0.3, -0.25) is 10.1 Å². The third-order valence-electron chi connectivity index (χ3n) is 2.82. The molecule has 6 nitrogen and oxygen atoms in total. The van der Waals surface area contributed by atoms with Gasteiger partial charge in [0.1, 0.15) is 0 Å². The number of aromatic nitrogens is 1. The minimum Gasteiger partial charge on any atom is -0.423 e. The van der Waals surface area contributed by atoms with Gasteiger partial charge in [0, 0.05) is 17.9 Å². The van der Waals surface area contributed by atoms with E-state index in [9.17, 15) is 10.1 Å². The van der Waals surface area contributed by atoms with E-state index in [4.69, 9.17) is 4.42 Å². The van der Waals surface area contributed by atoms with Crippen LogP contribution in [0, 0.1) is 10.1 Å². The molecular formula is C12H15N3O3S. The van der Waals surface area contributed by atoms with Crippen LogP contribution < -0.4 is 5.32 Å². The number of para-hydroxylation sites is 1. The van der Waals surface area contributed by atoms with Gasteiger partial charge in [-0.1, -0.05) is 13.0 Å². The van der Waals surface area contributed by atoms with E-state index in [0.717, 1.165) is 13.0 Å². The van der Waals surface area contributed by atoms with Gasteiger partial charge in [0.2, 0.25) is 0 Å². The highest BCUT2D eigenvalue weighted by atomic mass is 32.2. The molecule has 0 aliphatic carbocycles. The molecule has 0 saturated carbocycles. The Morgan fingerprint density at radius 3 is 3.05 bits per heavy atom. The molecule has 0 amide bonds. The summed E-state index contributed by atoms with van der Waals surface area (Å²) in [5.74, 6) is 0. The van der Waals surface area contributed by atoms with Crippen molar-refractivity contribution in [1.82, 2.24) is 4.98 Å². The number of rotatable bonds is 6. The lowest BCUT2D eigenvalue weighted by molar-refractivity contribution is -0.383. The first-order valence-corrected chi connectivity index (χ1v) is 7.21. The molecule has 0 aliphatic rings. The number of hydrogen-bond donors (Lipinski definition) is 1. The highest BCUT2D eigenvalue weighted by Gasteiger charge is 2.17. The highest BCUT2D eigenvalue weighted by Crippen LogP contribution is 2.27. The molecule has 0 fully saturated rings. The Bertz CT molecular complexity index is 585. The van der Waals surface area contributed by atoms with E-state index in [1.807, 2.05) is 0 Å². The number of hydrogen-bond acceptors (Lipinski definition) is 6. The Morgan fingerprint density at radius 1 is 1.58 bits per heavy atom. The van der Waals surface area contributed by atoms with Gasteiger partial charge in [-0.25, -0.2) is 0 Å². The number of nitro benzene ring substituents is 1. The first kappa shape index (κ1) is 13.7. The Balaban J connectivity index is 2.13. The molecule has 2 rings (SSSR count). The average Bonchev–Trinajstić information content (AvgIpc) is 2.80. The summed E-state index contributed by atoms with van der Waals surface area (Å²) in [6.07, 6.45) is 3.04. The van der Waals surface area contributed by atoms with Crippen LogP contribution in [0.5, 0.6) is 0 Å². The molecular weight excluding hydrogens is 266 g/mol. The van der Waals surface area contributed by atoms with Gasteiger partial charge >= 0.3 is 0 Å². The van der Waals surface area contributed by atoms with Crippen molar-refractivity contribution in [3.05, 3.63) is 28.3 Å². The molecule has 7 heteroatoms. The SMILES string of the molecule is CSC(C)CCNc1nc2c([N+](=O)[O-])cccc2o1. The first-order valence-electron chi connectivity index (χ1n) is 5.92. The lowest BCUT2D eigenvalue weighted by Gasteiger charge is -2.06. The van der Waals surface area contributed by atoms with Crippen molar-refractivity contribution in [3.63, 3.8) is 0 Å². The lowest BCUT2D eigenvalue weighted by Crippen LogP contribution is -2.07. The zero-order valence-corrected chi connectivity index (χ0v) is 11.6. The van der Waals surface area contributed by atoms with E-state index >= 15 is 0 Å². The number of thioether (sulfide) groups is 1. The average molecular weight is 281 g/mol. The number of benzene rings is 1. The molecule has 0 bridgehead atoms. The Morgan fingerprint density at radius 2 is 2.37 bits per heavy atom. The number of nitro groups is 1. The number of oxazole rings is 1. The molecule has 102 valence electrons. The quantitative estimate of drug-likeness (QED) is 0.646. The Hall–Kier alpha value is -1.76. The molecule has 0 saturated heterocycles. The topological polar surface area (TPSA) is 81.2 Å². The number of non-ortho nitro benzene ring substituents is 1. The second-order valence-corrected chi connectivity index (χ2v) is 5.44. The van der Waals surface area contributed by atoms with Gasteiger partial charge in [0.05, 0.1) is 4.92 Å². The third kappa shape index (κ3) is 3.17.